The Morgan fingerprint density at radius 2 is 1.90 bits per heavy atom. The van der Waals surface area contributed by atoms with Crippen LogP contribution in [-0.2, 0) is 6.54 Å². The lowest BCUT2D eigenvalue weighted by Gasteiger charge is -2.08. The van der Waals surface area contributed by atoms with Crippen molar-refractivity contribution in [3.8, 4) is 0 Å². The zero-order chi connectivity index (χ0) is 14.7. The second-order valence-corrected chi connectivity index (χ2v) is 6.07. The van der Waals surface area contributed by atoms with E-state index in [-0.39, 0.29) is 5.69 Å². The van der Waals surface area contributed by atoms with Crippen LogP contribution < -0.4 is 5.32 Å². The highest BCUT2D eigenvalue weighted by molar-refractivity contribution is 9.10. The number of benzene rings is 2. The van der Waals surface area contributed by atoms with Crippen LogP contribution in [0, 0.1) is 17.0 Å². The van der Waals surface area contributed by atoms with Gasteiger partial charge in [-0.3, -0.25) is 10.1 Å². The molecule has 0 radical (unpaired) electrons. The largest absolute Gasteiger partial charge is 0.381 e. The minimum atomic E-state index is -0.393. The van der Waals surface area contributed by atoms with Crippen LogP contribution in [0.1, 0.15) is 11.1 Å². The maximum atomic E-state index is 10.9. The lowest BCUT2D eigenvalue weighted by molar-refractivity contribution is -0.385. The number of rotatable bonds is 4. The van der Waals surface area contributed by atoms with E-state index in [4.69, 9.17) is 0 Å². The average molecular weight is 400 g/mol. The average Bonchev–Trinajstić information content (AvgIpc) is 2.41. The fourth-order valence-corrected chi connectivity index (χ4v) is 2.49. The summed E-state index contributed by atoms with van der Waals surface area (Å²) in [4.78, 5) is 10.5. The smallest absolute Gasteiger partial charge is 0.283 e. The van der Waals surface area contributed by atoms with Crippen LogP contribution in [0.25, 0.3) is 0 Å². The summed E-state index contributed by atoms with van der Waals surface area (Å²) in [6, 6.07) is 11.1. The van der Waals surface area contributed by atoms with Crippen LogP contribution in [0.15, 0.2) is 45.3 Å². The zero-order valence-corrected chi connectivity index (χ0v) is 13.9. The molecule has 0 bridgehead atoms. The quantitative estimate of drug-likeness (QED) is 0.578. The van der Waals surface area contributed by atoms with Crippen molar-refractivity contribution < 1.29 is 4.92 Å². The lowest BCUT2D eigenvalue weighted by Crippen LogP contribution is -2.00. The molecule has 0 aromatic heterocycles. The van der Waals surface area contributed by atoms with Crippen molar-refractivity contribution in [3.63, 3.8) is 0 Å². The molecule has 0 aliphatic rings. The predicted octanol–water partition coefficient (Wildman–Crippen LogP) is 5.04. The Hall–Kier alpha value is -1.40. The third kappa shape index (κ3) is 3.58. The van der Waals surface area contributed by atoms with E-state index in [1.165, 1.54) is 0 Å². The van der Waals surface area contributed by atoms with Gasteiger partial charge in [0.25, 0.3) is 5.69 Å². The van der Waals surface area contributed by atoms with Crippen molar-refractivity contribution in [2.75, 3.05) is 5.32 Å². The number of nitro benzene ring substituents is 1. The number of nitrogens with zero attached hydrogens (tertiary/aromatic N) is 1. The first-order valence-corrected chi connectivity index (χ1v) is 7.49. The van der Waals surface area contributed by atoms with Crippen LogP contribution in [0.4, 0.5) is 11.4 Å². The fourth-order valence-electron chi connectivity index (χ4n) is 1.72. The molecule has 0 unspecified atom stereocenters. The molecule has 1 N–H and O–H groups in total. The van der Waals surface area contributed by atoms with Gasteiger partial charge in [-0.1, -0.05) is 28.1 Å². The summed E-state index contributed by atoms with van der Waals surface area (Å²) in [5, 5.41) is 14.1. The highest BCUT2D eigenvalue weighted by Crippen LogP contribution is 2.26. The van der Waals surface area contributed by atoms with Gasteiger partial charge in [0.1, 0.15) is 0 Å². The van der Waals surface area contributed by atoms with Crippen molar-refractivity contribution in [1.29, 1.82) is 0 Å². The number of nitrogens with one attached hydrogen (secondary N) is 1. The standard InChI is InChI=1S/C14H12Br2N2O2/c1-9-2-4-11(7-13(9)16)17-8-10-3-5-12(15)14(6-10)18(19)20/h2-7,17H,8H2,1H3. The minimum absolute atomic E-state index is 0.0781. The molecule has 0 aliphatic carbocycles. The van der Waals surface area contributed by atoms with Crippen molar-refractivity contribution in [3.05, 3.63) is 66.6 Å². The molecule has 4 nitrogen and oxygen atoms in total. The molecule has 0 heterocycles. The number of nitro groups is 1. The molecule has 0 saturated heterocycles. The Morgan fingerprint density at radius 1 is 1.15 bits per heavy atom. The second-order valence-electron chi connectivity index (χ2n) is 4.36. The summed E-state index contributed by atoms with van der Waals surface area (Å²) in [5.41, 5.74) is 3.06. The van der Waals surface area contributed by atoms with Gasteiger partial charge in [0.05, 0.1) is 9.40 Å². The van der Waals surface area contributed by atoms with E-state index >= 15 is 0 Å². The van der Waals surface area contributed by atoms with Gasteiger partial charge in [0.15, 0.2) is 0 Å². The SMILES string of the molecule is Cc1ccc(NCc2ccc(Br)c([N+](=O)[O-])c2)cc1Br. The van der Waals surface area contributed by atoms with Crippen LogP contribution in [0.2, 0.25) is 0 Å². The Labute approximate surface area is 133 Å². The molecule has 20 heavy (non-hydrogen) atoms. The number of anilines is 1. The molecule has 104 valence electrons. The predicted molar refractivity (Wildman–Crippen MR) is 87.0 cm³/mol. The van der Waals surface area contributed by atoms with Gasteiger partial charge in [-0.25, -0.2) is 0 Å². The molecule has 0 amide bonds. The van der Waals surface area contributed by atoms with Crippen molar-refractivity contribution in [2.24, 2.45) is 0 Å². The van der Waals surface area contributed by atoms with Crippen molar-refractivity contribution in [2.45, 2.75) is 13.5 Å². The molecule has 2 aromatic carbocycles. The Bertz CT molecular complexity index is 660. The van der Waals surface area contributed by atoms with Crippen LogP contribution in [-0.4, -0.2) is 4.92 Å². The summed E-state index contributed by atoms with van der Waals surface area (Å²) in [6.07, 6.45) is 0. The minimum Gasteiger partial charge on any atom is -0.381 e. The third-order valence-electron chi connectivity index (χ3n) is 2.88. The van der Waals surface area contributed by atoms with E-state index in [9.17, 15) is 10.1 Å². The van der Waals surface area contributed by atoms with E-state index in [1.54, 1.807) is 12.1 Å². The Kier molecular flexibility index (Phi) is 4.77. The van der Waals surface area contributed by atoms with Crippen molar-refractivity contribution >= 4 is 43.2 Å². The van der Waals surface area contributed by atoms with Gasteiger partial charge < -0.3 is 5.32 Å². The molecule has 6 heteroatoms. The third-order valence-corrected chi connectivity index (χ3v) is 4.40. The van der Waals surface area contributed by atoms with Gasteiger partial charge in [0.2, 0.25) is 0 Å². The summed E-state index contributed by atoms with van der Waals surface area (Å²) >= 11 is 6.65. The molecular weight excluding hydrogens is 388 g/mol. The number of aryl methyl sites for hydroxylation is 1. The van der Waals surface area contributed by atoms with E-state index < -0.39 is 4.92 Å². The Morgan fingerprint density at radius 3 is 2.55 bits per heavy atom. The van der Waals surface area contributed by atoms with E-state index in [0.29, 0.717) is 11.0 Å². The van der Waals surface area contributed by atoms with Gasteiger partial charge >= 0.3 is 0 Å². The molecule has 2 aromatic rings. The summed E-state index contributed by atoms with van der Waals surface area (Å²) in [6.45, 7) is 2.55. The summed E-state index contributed by atoms with van der Waals surface area (Å²) in [5.74, 6) is 0. The van der Waals surface area contributed by atoms with Crippen LogP contribution in [0.5, 0.6) is 0 Å². The van der Waals surface area contributed by atoms with Crippen LogP contribution >= 0.6 is 31.9 Å². The van der Waals surface area contributed by atoms with Crippen LogP contribution in [0.3, 0.4) is 0 Å². The normalized spacial score (nSPS) is 10.3. The first-order valence-electron chi connectivity index (χ1n) is 5.90. The maximum Gasteiger partial charge on any atom is 0.283 e. The first kappa shape index (κ1) is 15.0. The van der Waals surface area contributed by atoms with E-state index in [1.807, 2.05) is 31.2 Å². The molecule has 0 atom stereocenters. The van der Waals surface area contributed by atoms with Crippen molar-refractivity contribution in [1.82, 2.24) is 0 Å². The Balaban J connectivity index is 2.12. The fraction of sp³-hybridized carbons (Fsp3) is 0.143. The van der Waals surface area contributed by atoms with Gasteiger partial charge in [0, 0.05) is 22.8 Å². The number of halogens is 2. The maximum absolute atomic E-state index is 10.9. The molecule has 0 saturated carbocycles. The molecule has 0 aliphatic heterocycles. The number of hydrogen-bond donors (Lipinski definition) is 1. The topological polar surface area (TPSA) is 55.2 Å². The van der Waals surface area contributed by atoms with Gasteiger partial charge in [-0.15, -0.1) is 0 Å². The van der Waals surface area contributed by atoms with Gasteiger partial charge in [-0.2, -0.15) is 0 Å². The second kappa shape index (κ2) is 6.37. The molecular formula is C14H12Br2N2O2. The summed E-state index contributed by atoms with van der Waals surface area (Å²) in [7, 11) is 0. The first-order chi connectivity index (χ1) is 9.47. The highest BCUT2D eigenvalue weighted by atomic mass is 79.9. The molecule has 0 spiro atoms. The number of hydrogen-bond acceptors (Lipinski definition) is 3. The molecule has 0 fully saturated rings. The monoisotopic (exact) mass is 398 g/mol. The molecule has 2 rings (SSSR count). The zero-order valence-electron chi connectivity index (χ0n) is 10.7. The lowest BCUT2D eigenvalue weighted by atomic mass is 10.2. The van der Waals surface area contributed by atoms with E-state index in [2.05, 4.69) is 37.2 Å². The summed E-state index contributed by atoms with van der Waals surface area (Å²) < 4.78 is 1.52. The van der Waals surface area contributed by atoms with E-state index in [0.717, 1.165) is 21.3 Å². The highest BCUT2D eigenvalue weighted by Gasteiger charge is 2.12. The van der Waals surface area contributed by atoms with Gasteiger partial charge in [-0.05, 0) is 52.2 Å².